The van der Waals surface area contributed by atoms with E-state index in [1.54, 1.807) is 0 Å². The minimum absolute atomic E-state index is 0.0410. The molecule has 0 aliphatic carbocycles. The van der Waals surface area contributed by atoms with Crippen LogP contribution in [0.1, 0.15) is 29.4 Å². The van der Waals surface area contributed by atoms with Crippen LogP contribution in [0.15, 0.2) is 60.8 Å². The monoisotopic (exact) mass is 697 g/mol. The van der Waals surface area contributed by atoms with Crippen LogP contribution in [0.3, 0.4) is 0 Å². The van der Waals surface area contributed by atoms with E-state index < -0.39 is 77.8 Å². The topological polar surface area (TPSA) is 118 Å². The van der Waals surface area contributed by atoms with Crippen molar-refractivity contribution in [3.63, 3.8) is 0 Å². The molecule has 252 valence electrons. The highest BCUT2D eigenvalue weighted by Gasteiger charge is 2.49. The van der Waals surface area contributed by atoms with Gasteiger partial charge in [0.1, 0.15) is 47.8 Å². The molecular formula is C31H23ClF7N5O4. The van der Waals surface area contributed by atoms with Crippen LogP contribution in [0.5, 0.6) is 0 Å². The van der Waals surface area contributed by atoms with Gasteiger partial charge < -0.3 is 20.1 Å². The zero-order valence-electron chi connectivity index (χ0n) is 24.4. The van der Waals surface area contributed by atoms with Crippen LogP contribution in [0.25, 0.3) is 28.1 Å². The lowest BCUT2D eigenvalue weighted by Gasteiger charge is -2.42. The summed E-state index contributed by atoms with van der Waals surface area (Å²) >= 11 is 6.03. The fourth-order valence-corrected chi connectivity index (χ4v) is 5.83. The Labute approximate surface area is 271 Å². The van der Waals surface area contributed by atoms with E-state index >= 15 is 4.39 Å². The van der Waals surface area contributed by atoms with Gasteiger partial charge in [-0.2, -0.15) is 23.4 Å². The van der Waals surface area contributed by atoms with Gasteiger partial charge in [0, 0.05) is 22.3 Å². The SMILES string of the molecule is Cc1nc([C@@H]2O[C@H](CO)[C@H](O)[C@H](n3cc(-c4cc(F)c(F)c(F)c4)c(-c4ccccc4F)n3)[C@H]2O)n(-c2cc(Cl)ccc2C(F)(F)F)n1. The average molecular weight is 698 g/mol. The number of nitrogens with zero attached hydrogens (tertiary/aromatic N) is 5. The van der Waals surface area contributed by atoms with E-state index in [1.165, 1.54) is 25.1 Å². The molecule has 1 fully saturated rings. The van der Waals surface area contributed by atoms with E-state index in [9.17, 15) is 41.7 Å². The van der Waals surface area contributed by atoms with Crippen LogP contribution >= 0.6 is 11.6 Å². The highest BCUT2D eigenvalue weighted by molar-refractivity contribution is 6.30. The van der Waals surface area contributed by atoms with Gasteiger partial charge >= 0.3 is 6.18 Å². The summed E-state index contributed by atoms with van der Waals surface area (Å²) in [5.74, 6) is -6.09. The zero-order chi connectivity index (χ0) is 34.7. The van der Waals surface area contributed by atoms with E-state index in [1.807, 2.05) is 0 Å². The maximum Gasteiger partial charge on any atom is 0.418 e. The Balaban J connectivity index is 1.52. The van der Waals surface area contributed by atoms with Crippen LogP contribution < -0.4 is 0 Å². The van der Waals surface area contributed by atoms with E-state index in [0.29, 0.717) is 12.1 Å². The quantitative estimate of drug-likeness (QED) is 0.153. The number of aryl methyl sites for hydroxylation is 1. The van der Waals surface area contributed by atoms with Gasteiger partial charge in [0.15, 0.2) is 23.3 Å². The minimum Gasteiger partial charge on any atom is -0.394 e. The van der Waals surface area contributed by atoms with Crippen molar-refractivity contribution >= 4 is 11.6 Å². The number of aliphatic hydroxyl groups is 3. The van der Waals surface area contributed by atoms with Gasteiger partial charge in [0.25, 0.3) is 0 Å². The predicted molar refractivity (Wildman–Crippen MR) is 155 cm³/mol. The first-order valence-electron chi connectivity index (χ1n) is 14.1. The molecule has 3 aromatic carbocycles. The number of halogens is 8. The van der Waals surface area contributed by atoms with Gasteiger partial charge in [-0.05, 0) is 55.0 Å². The maximum atomic E-state index is 15.0. The number of ether oxygens (including phenoxy) is 1. The van der Waals surface area contributed by atoms with Crippen molar-refractivity contribution in [2.45, 2.75) is 43.6 Å². The van der Waals surface area contributed by atoms with Crippen LogP contribution in [0, 0.1) is 30.2 Å². The molecule has 1 aliphatic heterocycles. The molecule has 9 nitrogen and oxygen atoms in total. The fraction of sp³-hybridized carbons (Fsp3) is 0.258. The van der Waals surface area contributed by atoms with Gasteiger partial charge in [-0.1, -0.05) is 23.7 Å². The van der Waals surface area contributed by atoms with E-state index in [0.717, 1.165) is 39.8 Å². The highest BCUT2D eigenvalue weighted by Crippen LogP contribution is 2.42. The Morgan fingerprint density at radius 2 is 1.58 bits per heavy atom. The molecule has 3 heterocycles. The summed E-state index contributed by atoms with van der Waals surface area (Å²) in [5, 5.41) is 41.4. The largest absolute Gasteiger partial charge is 0.418 e. The number of benzene rings is 3. The summed E-state index contributed by atoms with van der Waals surface area (Å²) in [5.41, 5.74) is -2.53. The van der Waals surface area contributed by atoms with Gasteiger partial charge in [-0.25, -0.2) is 27.2 Å². The third kappa shape index (κ3) is 5.94. The third-order valence-electron chi connectivity index (χ3n) is 7.84. The van der Waals surface area contributed by atoms with Crippen LogP contribution in [0.2, 0.25) is 5.02 Å². The molecule has 0 spiro atoms. The van der Waals surface area contributed by atoms with Crippen molar-refractivity contribution in [1.82, 2.24) is 24.5 Å². The van der Waals surface area contributed by atoms with Gasteiger partial charge in [-0.3, -0.25) is 4.68 Å². The predicted octanol–water partition coefficient (Wildman–Crippen LogP) is 5.73. The minimum atomic E-state index is -4.87. The number of rotatable bonds is 6. The Hall–Kier alpha value is -4.35. The van der Waals surface area contributed by atoms with E-state index in [4.69, 9.17) is 16.3 Å². The first-order chi connectivity index (χ1) is 22.7. The molecule has 0 unspecified atom stereocenters. The summed E-state index contributed by atoms with van der Waals surface area (Å²) in [6.45, 7) is 0.506. The standard InChI is InChI=1S/C31H23ClF7N5O4/c1-13-40-30(44(41-13)22-10-15(32)6-7-18(22)31(37,38)39)29-28(47)26(27(46)23(12-45)48-29)43-11-17(14-8-20(34)24(36)21(35)9-14)25(42-43)16-4-2-3-5-19(16)33/h2-11,23,26-29,45-47H,12H2,1H3/t23-,26+,27+,28-,29-/m1/s1. The number of alkyl halides is 3. The average Bonchev–Trinajstić information content (AvgIpc) is 3.63. The molecule has 0 radical (unpaired) electrons. The number of aliphatic hydroxyl groups excluding tert-OH is 3. The first kappa shape index (κ1) is 33.5. The molecule has 5 atom stereocenters. The summed E-state index contributed by atoms with van der Waals surface area (Å²) < 4.78 is 107. The second-order valence-corrected chi connectivity index (χ2v) is 11.4. The van der Waals surface area contributed by atoms with Crippen molar-refractivity contribution in [2.75, 3.05) is 6.61 Å². The summed E-state index contributed by atoms with van der Waals surface area (Å²) in [6.07, 6.45) is -10.6. The second-order valence-electron chi connectivity index (χ2n) is 10.9. The molecule has 6 rings (SSSR count). The molecule has 3 N–H and O–H groups in total. The molecule has 0 saturated carbocycles. The van der Waals surface area contributed by atoms with Crippen LogP contribution in [0.4, 0.5) is 30.7 Å². The lowest BCUT2D eigenvalue weighted by Crippen LogP contribution is -2.53. The summed E-state index contributed by atoms with van der Waals surface area (Å²) in [6, 6.07) is 7.64. The Kier molecular flexibility index (Phi) is 8.80. The molecule has 0 bridgehead atoms. The van der Waals surface area contributed by atoms with Gasteiger partial charge in [-0.15, -0.1) is 0 Å². The Morgan fingerprint density at radius 1 is 0.896 bits per heavy atom. The van der Waals surface area contributed by atoms with Crippen molar-refractivity contribution in [1.29, 1.82) is 0 Å². The first-order valence-corrected chi connectivity index (χ1v) is 14.5. The van der Waals surface area contributed by atoms with Crippen molar-refractivity contribution in [2.24, 2.45) is 0 Å². The van der Waals surface area contributed by atoms with Crippen molar-refractivity contribution in [3.8, 4) is 28.1 Å². The second kappa shape index (κ2) is 12.6. The number of aromatic nitrogens is 5. The summed E-state index contributed by atoms with van der Waals surface area (Å²) in [4.78, 5) is 4.19. The third-order valence-corrected chi connectivity index (χ3v) is 8.07. The molecule has 2 aromatic heterocycles. The molecule has 17 heteroatoms. The molecule has 5 aromatic rings. The molecular weight excluding hydrogens is 675 g/mol. The van der Waals surface area contributed by atoms with Crippen molar-refractivity contribution in [3.05, 3.63) is 106 Å². The normalized spacial score (nSPS) is 21.5. The number of hydrogen-bond acceptors (Lipinski definition) is 7. The molecule has 0 amide bonds. The lowest BCUT2D eigenvalue weighted by atomic mass is 9.92. The van der Waals surface area contributed by atoms with Gasteiger partial charge in [0.05, 0.1) is 17.9 Å². The maximum absolute atomic E-state index is 15.0. The molecule has 1 aliphatic rings. The van der Waals surface area contributed by atoms with Crippen LogP contribution in [-0.4, -0.2) is 64.8 Å². The smallest absolute Gasteiger partial charge is 0.394 e. The summed E-state index contributed by atoms with van der Waals surface area (Å²) in [7, 11) is 0. The fourth-order valence-electron chi connectivity index (χ4n) is 5.66. The number of hydrogen-bond donors (Lipinski definition) is 3. The van der Waals surface area contributed by atoms with Gasteiger partial charge in [0.2, 0.25) is 0 Å². The van der Waals surface area contributed by atoms with Crippen molar-refractivity contribution < 1.29 is 50.8 Å². The Bertz CT molecular complexity index is 1980. The highest BCUT2D eigenvalue weighted by atomic mass is 35.5. The van der Waals surface area contributed by atoms with E-state index in [2.05, 4.69) is 15.2 Å². The lowest BCUT2D eigenvalue weighted by molar-refractivity contribution is -0.210. The van der Waals surface area contributed by atoms with E-state index in [-0.39, 0.29) is 39.1 Å². The molecule has 48 heavy (non-hydrogen) atoms. The Morgan fingerprint density at radius 3 is 2.23 bits per heavy atom. The van der Waals surface area contributed by atoms with Crippen LogP contribution in [-0.2, 0) is 10.9 Å². The zero-order valence-corrected chi connectivity index (χ0v) is 25.1. The molecule has 1 saturated heterocycles.